The Morgan fingerprint density at radius 3 is 1.10 bits per heavy atom. The SMILES string of the molecule is C=CCC1=[N+](CCC(=O)O)CCN1CCOCC(=O)O.CCCCCCCCCCCCOS(=O)(=O)[O-].CCCCCCCCCCCCOS(=O)(=O)[O-].CCCCCCCCCCCCOS(=O)(=O)[O-].[Na+].[Na+]. The molecule has 0 aromatic rings. The number of carbonyl (C=O) groups is 2. The van der Waals surface area contributed by atoms with Crippen molar-refractivity contribution in [2.24, 2.45) is 0 Å². The number of hydrogen-bond acceptors (Lipinski definition) is 16. The maximum Gasteiger partial charge on any atom is 1.00 e. The van der Waals surface area contributed by atoms with Gasteiger partial charge in [0.1, 0.15) is 26.2 Å². The molecule has 0 unspecified atom stereocenters. The fraction of sp³-hybridized carbons (Fsp3) is 0.898. The molecule has 0 spiro atoms. The third kappa shape index (κ3) is 71.7. The first-order valence-electron chi connectivity index (χ1n) is 26.5. The zero-order valence-corrected chi connectivity index (χ0v) is 52.4. The Balaban J connectivity index is -0.000000280. The average Bonchev–Trinajstić information content (AvgIpc) is 3.67. The summed E-state index contributed by atoms with van der Waals surface area (Å²) < 4.78 is 110. The molecule has 0 bridgehead atoms. The summed E-state index contributed by atoms with van der Waals surface area (Å²) >= 11 is 0. The summed E-state index contributed by atoms with van der Waals surface area (Å²) in [6.07, 6.45) is 37.6. The summed E-state index contributed by atoms with van der Waals surface area (Å²) in [5, 5.41) is 17.2. The van der Waals surface area contributed by atoms with Crippen molar-refractivity contribution in [3.8, 4) is 0 Å². The number of aliphatic carboxylic acids is 2. The summed E-state index contributed by atoms with van der Waals surface area (Å²) in [7, 11) is -13.5. The fourth-order valence-corrected chi connectivity index (χ4v) is 8.35. The number of rotatable bonds is 46. The molecule has 0 atom stereocenters. The first-order valence-corrected chi connectivity index (χ1v) is 30.5. The van der Waals surface area contributed by atoms with Crippen LogP contribution >= 0.6 is 0 Å². The number of carboxylic acid groups (broad SMARTS) is 2. The second kappa shape index (κ2) is 57.9. The molecular weight excluding hydrogens is 1030 g/mol. The van der Waals surface area contributed by atoms with E-state index in [2.05, 4.69) is 44.8 Å². The molecule has 73 heavy (non-hydrogen) atoms. The largest absolute Gasteiger partial charge is 1.00 e. The van der Waals surface area contributed by atoms with Crippen molar-refractivity contribution in [1.82, 2.24) is 4.90 Å². The molecule has 0 aromatic heterocycles. The summed E-state index contributed by atoms with van der Waals surface area (Å²) in [5.74, 6) is -0.767. The van der Waals surface area contributed by atoms with Crippen LogP contribution in [0.1, 0.15) is 226 Å². The van der Waals surface area contributed by atoms with E-state index in [0.717, 1.165) is 57.5 Å². The Hall–Kier alpha value is -0.280. The normalized spacial score (nSPS) is 12.3. The van der Waals surface area contributed by atoms with E-state index in [4.69, 9.17) is 14.9 Å². The number of hydrogen-bond donors (Lipinski definition) is 2. The van der Waals surface area contributed by atoms with Crippen LogP contribution < -0.4 is 59.1 Å². The van der Waals surface area contributed by atoms with E-state index >= 15 is 0 Å². The molecule has 0 saturated carbocycles. The van der Waals surface area contributed by atoms with Crippen LogP contribution in [0, 0.1) is 0 Å². The Kier molecular flexibility index (Phi) is 64.7. The van der Waals surface area contributed by atoms with Crippen LogP contribution in [-0.2, 0) is 58.1 Å². The number of carboxylic acids is 2. The maximum atomic E-state index is 10.6. The maximum absolute atomic E-state index is 10.6. The molecular formula is C49H96N2Na2O17S3. The minimum absolute atomic E-state index is 0. The zero-order valence-electron chi connectivity index (χ0n) is 45.9. The molecule has 19 nitrogen and oxygen atoms in total. The number of unbranched alkanes of at least 4 members (excludes halogenated alkanes) is 27. The van der Waals surface area contributed by atoms with Gasteiger partial charge in [0.25, 0.3) is 5.84 Å². The van der Waals surface area contributed by atoms with Gasteiger partial charge in [-0.2, -0.15) is 0 Å². The van der Waals surface area contributed by atoms with Gasteiger partial charge in [-0.15, -0.1) is 6.58 Å². The van der Waals surface area contributed by atoms with Crippen molar-refractivity contribution in [1.29, 1.82) is 0 Å². The zero-order chi connectivity index (χ0) is 53.9. The van der Waals surface area contributed by atoms with Gasteiger partial charge in [-0.1, -0.05) is 200 Å². The van der Waals surface area contributed by atoms with E-state index in [1.54, 1.807) is 6.08 Å². The van der Waals surface area contributed by atoms with Crippen LogP contribution in [0.25, 0.3) is 0 Å². The minimum atomic E-state index is -4.48. The van der Waals surface area contributed by atoms with Crippen molar-refractivity contribution < 1.29 is 140 Å². The van der Waals surface area contributed by atoms with Gasteiger partial charge in [-0.05, 0) is 19.3 Å². The molecule has 0 aliphatic carbocycles. The van der Waals surface area contributed by atoms with Crippen LogP contribution in [0.2, 0.25) is 0 Å². The van der Waals surface area contributed by atoms with E-state index in [1.807, 2.05) is 4.58 Å². The molecule has 2 N–H and O–H groups in total. The molecule has 0 aromatic carbocycles. The molecule has 424 valence electrons. The molecule has 0 saturated heterocycles. The third-order valence-corrected chi connectivity index (χ3v) is 12.6. The molecule has 1 aliphatic heterocycles. The van der Waals surface area contributed by atoms with Crippen molar-refractivity contribution in [2.75, 3.05) is 59.2 Å². The van der Waals surface area contributed by atoms with Gasteiger partial charge < -0.3 is 28.6 Å². The molecule has 0 fully saturated rings. The molecule has 1 rings (SSSR count). The Bertz CT molecular complexity index is 1520. The first-order chi connectivity index (χ1) is 33.7. The second-order valence-corrected chi connectivity index (χ2v) is 20.9. The van der Waals surface area contributed by atoms with Crippen molar-refractivity contribution in [3.63, 3.8) is 0 Å². The minimum Gasteiger partial charge on any atom is -0.726 e. The summed E-state index contributed by atoms with van der Waals surface area (Å²) in [6.45, 7) is 13.1. The Labute approximate surface area is 487 Å². The first kappa shape index (κ1) is 81.6. The predicted octanol–water partition coefficient (Wildman–Crippen LogP) is 4.03. The van der Waals surface area contributed by atoms with E-state index in [9.17, 15) is 48.5 Å². The van der Waals surface area contributed by atoms with Crippen molar-refractivity contribution >= 4 is 49.0 Å². The van der Waals surface area contributed by atoms with Gasteiger partial charge in [0.2, 0.25) is 31.2 Å². The molecule has 0 radical (unpaired) electrons. The standard InChI is InChI=1S/C13H20N2O5.3C12H26O4S.2Na/c1-2-3-11-14(5-4-12(16)17)6-7-15(11)8-9-20-10-13(18)19;3*1-2-3-4-5-6-7-8-9-10-11-12-16-17(13,14)15;;/h2H,1,3-10H2,(H-,16,17,18,19);3*2-12H2,1H3,(H,13,14,15);;/q;;;;2*+1/p-2. The summed E-state index contributed by atoms with van der Waals surface area (Å²) in [5.41, 5.74) is 0. The van der Waals surface area contributed by atoms with Gasteiger partial charge in [0, 0.05) is 0 Å². The van der Waals surface area contributed by atoms with Crippen LogP contribution in [0.4, 0.5) is 0 Å². The number of ether oxygens (including phenoxy) is 1. The molecule has 1 heterocycles. The molecule has 24 heteroatoms. The quantitative estimate of drug-likeness (QED) is 0.0217. The van der Waals surface area contributed by atoms with Crippen molar-refractivity contribution in [3.05, 3.63) is 12.7 Å². The van der Waals surface area contributed by atoms with Crippen molar-refractivity contribution in [2.45, 2.75) is 226 Å². The monoisotopic (exact) mass is 1130 g/mol. The van der Waals surface area contributed by atoms with E-state index in [1.165, 1.54) is 135 Å². The third-order valence-electron chi connectivity index (χ3n) is 11.2. The molecule has 1 aliphatic rings. The van der Waals surface area contributed by atoms with Crippen LogP contribution in [-0.4, -0.2) is 136 Å². The summed E-state index contributed by atoms with van der Waals surface area (Å²) in [4.78, 5) is 23.1. The van der Waals surface area contributed by atoms with Crippen LogP contribution in [0.5, 0.6) is 0 Å². The second-order valence-electron chi connectivity index (χ2n) is 17.7. The topological polar surface area (TPSA) is 289 Å². The smallest absolute Gasteiger partial charge is 0.726 e. The van der Waals surface area contributed by atoms with Crippen LogP contribution in [0.15, 0.2) is 12.7 Å². The van der Waals surface area contributed by atoms with Gasteiger partial charge in [-0.3, -0.25) is 26.8 Å². The van der Waals surface area contributed by atoms with Gasteiger partial charge in [0.05, 0.1) is 45.8 Å². The van der Waals surface area contributed by atoms with E-state index in [-0.39, 0.29) is 92.0 Å². The molecule has 0 amide bonds. The fourth-order valence-electron chi connectivity index (χ4n) is 7.38. The average molecular weight is 1130 g/mol. The predicted molar refractivity (Wildman–Crippen MR) is 275 cm³/mol. The van der Waals surface area contributed by atoms with E-state index in [0.29, 0.717) is 45.4 Å². The van der Waals surface area contributed by atoms with Gasteiger partial charge in [0.15, 0.2) is 0 Å². The number of nitrogens with zero attached hydrogens (tertiary/aromatic N) is 2. The van der Waals surface area contributed by atoms with Gasteiger partial charge >= 0.3 is 71.1 Å². The Morgan fingerprint density at radius 1 is 0.534 bits per heavy atom. The number of amidine groups is 1. The summed E-state index contributed by atoms with van der Waals surface area (Å²) in [6, 6.07) is 0. The van der Waals surface area contributed by atoms with Gasteiger partial charge in [-0.25, -0.2) is 30.0 Å². The van der Waals surface area contributed by atoms with Crippen LogP contribution in [0.3, 0.4) is 0 Å². The Morgan fingerprint density at radius 2 is 0.836 bits per heavy atom. The van der Waals surface area contributed by atoms with E-state index < -0.39 is 43.1 Å².